The third kappa shape index (κ3) is 4.15. The van der Waals surface area contributed by atoms with Gasteiger partial charge in [-0.3, -0.25) is 4.79 Å². The van der Waals surface area contributed by atoms with Crippen molar-refractivity contribution in [2.75, 3.05) is 26.9 Å². The highest BCUT2D eigenvalue weighted by atomic mass is 32.2. The smallest absolute Gasteiger partial charge is 0.338 e. The van der Waals surface area contributed by atoms with Crippen molar-refractivity contribution in [1.29, 1.82) is 0 Å². The number of thioether (sulfide) groups is 1. The van der Waals surface area contributed by atoms with Gasteiger partial charge in [-0.05, 0) is 31.4 Å². The molecule has 0 saturated carbocycles. The summed E-state index contributed by atoms with van der Waals surface area (Å²) in [4.78, 5) is 31.4. The van der Waals surface area contributed by atoms with Crippen LogP contribution in [0.25, 0.3) is 0 Å². The molecule has 0 aliphatic carbocycles. The van der Waals surface area contributed by atoms with Gasteiger partial charge < -0.3 is 24.1 Å². The fourth-order valence-electron chi connectivity index (χ4n) is 3.08. The number of esters is 1. The topological polar surface area (TPSA) is 93.4 Å². The number of rotatable bonds is 8. The minimum absolute atomic E-state index is 0.132. The van der Waals surface area contributed by atoms with Crippen molar-refractivity contribution in [2.45, 2.75) is 26.3 Å². The summed E-state index contributed by atoms with van der Waals surface area (Å²) in [6.07, 6.45) is 1.71. The summed E-state index contributed by atoms with van der Waals surface area (Å²) < 4.78 is 15.8. The molecule has 0 saturated heterocycles. The fourth-order valence-corrected chi connectivity index (χ4v) is 4.04. The molecule has 28 heavy (non-hydrogen) atoms. The lowest BCUT2D eigenvalue weighted by Gasteiger charge is -2.34. The van der Waals surface area contributed by atoms with Crippen LogP contribution in [0, 0.1) is 0 Å². The molecule has 0 radical (unpaired) electrons. The first-order valence-corrected chi connectivity index (χ1v) is 9.85. The van der Waals surface area contributed by atoms with Crippen LogP contribution < -0.4 is 5.32 Å². The van der Waals surface area contributed by atoms with Crippen molar-refractivity contribution < 1.29 is 23.5 Å². The number of carbonyl (C=O) groups excluding carboxylic acids is 2. The van der Waals surface area contributed by atoms with Crippen LogP contribution in [-0.4, -0.2) is 48.8 Å². The molecule has 8 nitrogen and oxygen atoms in total. The number of nitrogens with one attached hydrogen (secondary N) is 1. The number of carbonyl (C=O) groups is 2. The summed E-state index contributed by atoms with van der Waals surface area (Å²) in [5, 5.41) is 5.39. The molecule has 3 heterocycles. The minimum atomic E-state index is -0.533. The van der Waals surface area contributed by atoms with Gasteiger partial charge in [0.25, 0.3) is 0 Å². The number of nitrogens with zero attached hydrogens (tertiary/aromatic N) is 2. The number of fused-ring (bicyclic) bond motifs is 1. The zero-order valence-electron chi connectivity index (χ0n) is 16.1. The van der Waals surface area contributed by atoms with Crippen molar-refractivity contribution in [1.82, 2.24) is 10.2 Å². The summed E-state index contributed by atoms with van der Waals surface area (Å²) >= 11 is 1.42. The van der Waals surface area contributed by atoms with Crippen LogP contribution in [0.3, 0.4) is 0 Å². The molecule has 0 aromatic carbocycles. The lowest BCUT2D eigenvalue weighted by Crippen LogP contribution is -2.38. The first-order chi connectivity index (χ1) is 13.6. The molecule has 1 unspecified atom stereocenters. The molecular formula is C19H23N3O5S. The molecule has 1 aromatic rings. The molecule has 0 bridgehead atoms. The Kier molecular flexibility index (Phi) is 6.58. The van der Waals surface area contributed by atoms with Gasteiger partial charge in [0.2, 0.25) is 5.91 Å². The van der Waals surface area contributed by atoms with E-state index >= 15 is 0 Å². The first kappa shape index (κ1) is 20.2. The minimum Gasteiger partial charge on any atom is -0.467 e. The number of amides is 1. The van der Waals surface area contributed by atoms with Crippen LogP contribution in [0.15, 0.2) is 50.2 Å². The lowest BCUT2D eigenvalue weighted by molar-refractivity contribution is -0.139. The van der Waals surface area contributed by atoms with Crippen molar-refractivity contribution in [3.8, 4) is 0 Å². The number of ether oxygens (including phenoxy) is 2. The SMILES string of the molecule is CCOC(=O)C1=C(C)N=C2SC=C(CC(=O)NCCOC)N2C1c1ccco1. The van der Waals surface area contributed by atoms with E-state index in [9.17, 15) is 9.59 Å². The molecule has 2 aliphatic rings. The summed E-state index contributed by atoms with van der Waals surface area (Å²) in [5.41, 5.74) is 1.74. The van der Waals surface area contributed by atoms with E-state index < -0.39 is 12.0 Å². The Labute approximate surface area is 167 Å². The number of hydrogen-bond donors (Lipinski definition) is 1. The first-order valence-electron chi connectivity index (χ1n) is 8.97. The van der Waals surface area contributed by atoms with E-state index in [1.54, 1.807) is 39.4 Å². The van der Waals surface area contributed by atoms with E-state index in [-0.39, 0.29) is 18.9 Å². The molecular weight excluding hydrogens is 382 g/mol. The number of allylic oxidation sites excluding steroid dienone is 1. The third-order valence-electron chi connectivity index (χ3n) is 4.28. The number of methoxy groups -OCH3 is 1. The van der Waals surface area contributed by atoms with E-state index in [1.165, 1.54) is 11.8 Å². The molecule has 1 atom stereocenters. The van der Waals surface area contributed by atoms with Gasteiger partial charge in [-0.2, -0.15) is 0 Å². The van der Waals surface area contributed by atoms with Gasteiger partial charge in [0.15, 0.2) is 5.17 Å². The standard InChI is InChI=1S/C19H23N3O5S/c1-4-26-18(24)16-12(2)21-19-22(17(16)14-6-5-8-27-14)13(11-28-19)10-15(23)20-7-9-25-3/h5-6,8,11,17H,4,7,9-10H2,1-3H3,(H,20,23). The Morgan fingerprint density at radius 2 is 2.25 bits per heavy atom. The van der Waals surface area contributed by atoms with Crippen LogP contribution in [0.4, 0.5) is 0 Å². The largest absolute Gasteiger partial charge is 0.467 e. The molecule has 9 heteroatoms. The lowest BCUT2D eigenvalue weighted by atomic mass is 9.99. The normalized spacial score (nSPS) is 18.5. The van der Waals surface area contributed by atoms with Crippen LogP contribution >= 0.6 is 11.8 Å². The Morgan fingerprint density at radius 1 is 1.43 bits per heavy atom. The van der Waals surface area contributed by atoms with E-state index in [0.717, 1.165) is 5.70 Å². The summed E-state index contributed by atoms with van der Waals surface area (Å²) in [6, 6.07) is 3.04. The van der Waals surface area contributed by atoms with Gasteiger partial charge >= 0.3 is 5.97 Å². The summed E-state index contributed by atoms with van der Waals surface area (Å²) in [6.45, 7) is 4.68. The molecule has 150 valence electrons. The van der Waals surface area contributed by atoms with Gasteiger partial charge in [-0.15, -0.1) is 0 Å². The second kappa shape index (κ2) is 9.11. The molecule has 2 aliphatic heterocycles. The van der Waals surface area contributed by atoms with E-state index in [0.29, 0.717) is 35.3 Å². The third-order valence-corrected chi connectivity index (χ3v) is 5.17. The molecule has 1 aromatic heterocycles. The Hall–Kier alpha value is -2.52. The van der Waals surface area contributed by atoms with Crippen LogP contribution in [0.1, 0.15) is 32.1 Å². The predicted molar refractivity (Wildman–Crippen MR) is 105 cm³/mol. The highest BCUT2D eigenvalue weighted by Gasteiger charge is 2.42. The molecule has 0 fully saturated rings. The maximum atomic E-state index is 12.7. The predicted octanol–water partition coefficient (Wildman–Crippen LogP) is 2.57. The second-order valence-corrected chi connectivity index (χ2v) is 6.99. The number of hydrogen-bond acceptors (Lipinski definition) is 8. The Bertz CT molecular complexity index is 829. The Morgan fingerprint density at radius 3 is 2.93 bits per heavy atom. The summed E-state index contributed by atoms with van der Waals surface area (Å²) in [7, 11) is 1.58. The summed E-state index contributed by atoms with van der Waals surface area (Å²) in [5.74, 6) is 0.0142. The second-order valence-electron chi connectivity index (χ2n) is 6.15. The molecule has 1 N–H and O–H groups in total. The van der Waals surface area contributed by atoms with Gasteiger partial charge in [-0.25, -0.2) is 9.79 Å². The van der Waals surface area contributed by atoms with Crippen LogP contribution in [-0.2, 0) is 19.1 Å². The van der Waals surface area contributed by atoms with E-state index in [1.807, 2.05) is 10.3 Å². The maximum Gasteiger partial charge on any atom is 0.338 e. The fraction of sp³-hybridized carbons (Fsp3) is 0.421. The van der Waals surface area contributed by atoms with Gasteiger partial charge in [0, 0.05) is 19.4 Å². The monoisotopic (exact) mass is 405 g/mol. The average molecular weight is 405 g/mol. The maximum absolute atomic E-state index is 12.7. The van der Waals surface area contributed by atoms with Crippen LogP contribution in [0.2, 0.25) is 0 Å². The van der Waals surface area contributed by atoms with Crippen molar-refractivity contribution in [3.63, 3.8) is 0 Å². The molecule has 3 rings (SSSR count). The number of furan rings is 1. The highest BCUT2D eigenvalue weighted by Crippen LogP contribution is 2.44. The van der Waals surface area contributed by atoms with Crippen LogP contribution in [0.5, 0.6) is 0 Å². The average Bonchev–Trinajstić information content (AvgIpc) is 3.31. The number of aliphatic imine (C=N–C) groups is 1. The molecule has 0 spiro atoms. The van der Waals surface area contributed by atoms with E-state index in [2.05, 4.69) is 10.3 Å². The van der Waals surface area contributed by atoms with Crippen molar-refractivity contribution in [3.05, 3.63) is 46.5 Å². The van der Waals surface area contributed by atoms with Crippen molar-refractivity contribution in [2.24, 2.45) is 4.99 Å². The van der Waals surface area contributed by atoms with Crippen molar-refractivity contribution >= 4 is 28.8 Å². The van der Waals surface area contributed by atoms with E-state index in [4.69, 9.17) is 13.9 Å². The zero-order valence-corrected chi connectivity index (χ0v) is 16.9. The Balaban J connectivity index is 1.89. The zero-order chi connectivity index (χ0) is 20.1. The number of amidine groups is 1. The quantitative estimate of drug-likeness (QED) is 0.525. The molecule has 1 amide bonds. The van der Waals surface area contributed by atoms with Gasteiger partial charge in [-0.1, -0.05) is 11.8 Å². The highest BCUT2D eigenvalue weighted by molar-refractivity contribution is 8.16. The van der Waals surface area contributed by atoms with Gasteiger partial charge in [0.1, 0.15) is 11.8 Å². The van der Waals surface area contributed by atoms with Gasteiger partial charge in [0.05, 0.1) is 37.2 Å².